The van der Waals surface area contributed by atoms with Crippen molar-refractivity contribution in [2.45, 2.75) is 11.4 Å². The largest absolute Gasteiger partial charge is 0.338 e. The van der Waals surface area contributed by atoms with Gasteiger partial charge in [0.05, 0.1) is 22.5 Å². The van der Waals surface area contributed by atoms with E-state index in [9.17, 15) is 9.18 Å². The van der Waals surface area contributed by atoms with Crippen molar-refractivity contribution in [1.29, 1.82) is 0 Å². The molecule has 6 heteroatoms. The van der Waals surface area contributed by atoms with Crippen LogP contribution in [0, 0.1) is 5.82 Å². The first-order valence-electron chi connectivity index (χ1n) is 7.09. The van der Waals surface area contributed by atoms with Gasteiger partial charge in [-0.3, -0.25) is 4.79 Å². The number of thioether (sulfide) groups is 1. The number of thiazole rings is 1. The van der Waals surface area contributed by atoms with E-state index in [4.69, 9.17) is 0 Å². The summed E-state index contributed by atoms with van der Waals surface area (Å²) in [6.45, 7) is 0.468. The molecule has 0 spiro atoms. The van der Waals surface area contributed by atoms with Crippen molar-refractivity contribution in [3.63, 3.8) is 0 Å². The van der Waals surface area contributed by atoms with E-state index in [2.05, 4.69) is 4.98 Å². The van der Waals surface area contributed by atoms with Crippen molar-refractivity contribution in [3.05, 3.63) is 59.4 Å². The zero-order chi connectivity index (χ0) is 16.2. The molecule has 3 nitrogen and oxygen atoms in total. The average molecular weight is 346 g/mol. The first kappa shape index (κ1) is 16.0. The summed E-state index contributed by atoms with van der Waals surface area (Å²) < 4.78 is 14.7. The van der Waals surface area contributed by atoms with Crippen molar-refractivity contribution in [2.24, 2.45) is 0 Å². The first-order chi connectivity index (χ1) is 11.1. The van der Waals surface area contributed by atoms with Gasteiger partial charge in [-0.15, -0.1) is 23.1 Å². The molecule has 0 saturated carbocycles. The van der Waals surface area contributed by atoms with Crippen LogP contribution in [0.25, 0.3) is 10.2 Å². The first-order valence-corrected chi connectivity index (χ1v) is 8.89. The molecule has 0 unspecified atom stereocenters. The van der Waals surface area contributed by atoms with Crippen LogP contribution in [0.15, 0.2) is 53.4 Å². The summed E-state index contributed by atoms with van der Waals surface area (Å²) in [6.07, 6.45) is 0. The average Bonchev–Trinajstić information content (AvgIpc) is 2.96. The molecule has 0 fully saturated rings. The number of carbonyl (C=O) groups excluding carboxylic acids is 1. The van der Waals surface area contributed by atoms with Crippen LogP contribution in [0.5, 0.6) is 0 Å². The minimum absolute atomic E-state index is 0.0440. The zero-order valence-corrected chi connectivity index (χ0v) is 14.2. The Bertz CT molecular complexity index is 801. The van der Waals surface area contributed by atoms with E-state index in [-0.39, 0.29) is 17.5 Å². The molecule has 0 atom stereocenters. The van der Waals surface area contributed by atoms with Gasteiger partial charge in [0.1, 0.15) is 10.8 Å². The Labute approximate surface area is 142 Å². The maximum Gasteiger partial charge on any atom is 0.233 e. The Morgan fingerprint density at radius 3 is 2.74 bits per heavy atom. The minimum Gasteiger partial charge on any atom is -0.338 e. The molecule has 0 bridgehead atoms. The van der Waals surface area contributed by atoms with E-state index >= 15 is 0 Å². The topological polar surface area (TPSA) is 33.2 Å². The molecular weight excluding hydrogens is 331 g/mol. The quantitative estimate of drug-likeness (QED) is 0.650. The van der Waals surface area contributed by atoms with E-state index in [1.807, 2.05) is 24.3 Å². The van der Waals surface area contributed by atoms with E-state index in [1.165, 1.54) is 17.8 Å². The molecule has 0 aliphatic rings. The summed E-state index contributed by atoms with van der Waals surface area (Å²) >= 11 is 2.80. The number of benzene rings is 2. The van der Waals surface area contributed by atoms with Crippen LogP contribution in [0.3, 0.4) is 0 Å². The normalized spacial score (nSPS) is 10.9. The number of hydrogen-bond donors (Lipinski definition) is 0. The van der Waals surface area contributed by atoms with Gasteiger partial charge in [-0.1, -0.05) is 24.3 Å². The van der Waals surface area contributed by atoms with Gasteiger partial charge in [-0.25, -0.2) is 9.37 Å². The van der Waals surface area contributed by atoms with Crippen LogP contribution in [-0.2, 0) is 11.3 Å². The third kappa shape index (κ3) is 3.89. The summed E-state index contributed by atoms with van der Waals surface area (Å²) in [6, 6.07) is 14.4. The van der Waals surface area contributed by atoms with Gasteiger partial charge in [-0.2, -0.15) is 0 Å². The van der Waals surface area contributed by atoms with Gasteiger partial charge >= 0.3 is 0 Å². The highest BCUT2D eigenvalue weighted by molar-refractivity contribution is 8.00. The Morgan fingerprint density at radius 1 is 1.22 bits per heavy atom. The predicted molar refractivity (Wildman–Crippen MR) is 93.2 cm³/mol. The number of halogens is 1. The van der Waals surface area contributed by atoms with Gasteiger partial charge in [0.15, 0.2) is 0 Å². The second-order valence-corrected chi connectivity index (χ2v) is 7.18. The van der Waals surface area contributed by atoms with Gasteiger partial charge < -0.3 is 4.90 Å². The zero-order valence-electron chi connectivity index (χ0n) is 12.5. The fourth-order valence-corrected chi connectivity index (χ4v) is 3.99. The molecule has 1 aromatic heterocycles. The van der Waals surface area contributed by atoms with Crippen LogP contribution in [-0.4, -0.2) is 28.6 Å². The number of aromatic nitrogens is 1. The predicted octanol–water partition coefficient (Wildman–Crippen LogP) is 4.19. The van der Waals surface area contributed by atoms with Crippen molar-refractivity contribution in [1.82, 2.24) is 9.88 Å². The van der Waals surface area contributed by atoms with Crippen LogP contribution in [0.2, 0.25) is 0 Å². The number of hydrogen-bond acceptors (Lipinski definition) is 4. The molecule has 2 aromatic carbocycles. The van der Waals surface area contributed by atoms with Crippen LogP contribution in [0.4, 0.5) is 4.39 Å². The monoisotopic (exact) mass is 346 g/mol. The third-order valence-corrected chi connectivity index (χ3v) is 5.38. The molecule has 23 heavy (non-hydrogen) atoms. The Hall–Kier alpha value is -1.92. The highest BCUT2D eigenvalue weighted by atomic mass is 32.2. The summed E-state index contributed by atoms with van der Waals surface area (Å²) in [4.78, 5) is 18.9. The molecule has 0 aliphatic carbocycles. The Balaban J connectivity index is 1.60. The fourth-order valence-electron chi connectivity index (χ4n) is 2.09. The molecule has 1 heterocycles. The number of nitrogens with zero attached hydrogens (tertiary/aromatic N) is 2. The van der Waals surface area contributed by atoms with Gasteiger partial charge in [0.25, 0.3) is 0 Å². The van der Waals surface area contributed by atoms with Crippen LogP contribution >= 0.6 is 23.1 Å². The molecular formula is C17H15FN2OS2. The highest BCUT2D eigenvalue weighted by Crippen LogP contribution is 2.24. The molecule has 3 aromatic rings. The Kier molecular flexibility index (Phi) is 4.93. The molecule has 0 saturated heterocycles. The van der Waals surface area contributed by atoms with Crippen LogP contribution < -0.4 is 0 Å². The summed E-state index contributed by atoms with van der Waals surface area (Å²) in [5.74, 6) is -0.126. The van der Waals surface area contributed by atoms with Gasteiger partial charge in [0.2, 0.25) is 5.91 Å². The summed E-state index contributed by atoms with van der Waals surface area (Å²) in [5.41, 5.74) is 0.953. The lowest BCUT2D eigenvalue weighted by molar-refractivity contribution is -0.127. The highest BCUT2D eigenvalue weighted by Gasteiger charge is 2.13. The molecule has 118 valence electrons. The minimum atomic E-state index is -0.292. The number of rotatable bonds is 5. The molecule has 0 aliphatic heterocycles. The maximum absolute atomic E-state index is 13.6. The van der Waals surface area contributed by atoms with Gasteiger partial charge in [-0.05, 0) is 24.3 Å². The smallest absolute Gasteiger partial charge is 0.233 e. The standard InChI is InChI=1S/C17H15FN2OS2/c1-20(10-16-19-13-7-3-5-9-15(13)23-16)17(21)11-22-14-8-4-2-6-12(14)18/h2-9H,10-11H2,1H3. The summed E-state index contributed by atoms with van der Waals surface area (Å²) in [5, 5.41) is 0.901. The second kappa shape index (κ2) is 7.10. The molecule has 0 radical (unpaired) electrons. The van der Waals surface area contributed by atoms with Crippen molar-refractivity contribution < 1.29 is 9.18 Å². The second-order valence-electron chi connectivity index (χ2n) is 5.04. The third-order valence-electron chi connectivity index (χ3n) is 3.32. The summed E-state index contributed by atoms with van der Waals surface area (Å²) in [7, 11) is 1.75. The van der Waals surface area contributed by atoms with E-state index in [0.29, 0.717) is 11.4 Å². The van der Waals surface area contributed by atoms with Gasteiger partial charge in [0, 0.05) is 11.9 Å². The lowest BCUT2D eigenvalue weighted by Crippen LogP contribution is -2.27. The van der Waals surface area contributed by atoms with E-state index < -0.39 is 0 Å². The number of carbonyl (C=O) groups is 1. The van der Waals surface area contributed by atoms with Crippen molar-refractivity contribution >= 4 is 39.2 Å². The van der Waals surface area contributed by atoms with Crippen LogP contribution in [0.1, 0.15) is 5.01 Å². The lowest BCUT2D eigenvalue weighted by Gasteiger charge is -2.15. The molecule has 3 rings (SSSR count). The van der Waals surface area contributed by atoms with Crippen molar-refractivity contribution in [2.75, 3.05) is 12.8 Å². The molecule has 0 N–H and O–H groups in total. The number of para-hydroxylation sites is 1. The van der Waals surface area contributed by atoms with E-state index in [1.54, 1.807) is 41.5 Å². The SMILES string of the molecule is CN(Cc1nc2ccccc2s1)C(=O)CSc1ccccc1F. The number of fused-ring (bicyclic) bond motifs is 1. The number of amides is 1. The lowest BCUT2D eigenvalue weighted by atomic mass is 10.3. The fraction of sp³-hybridized carbons (Fsp3) is 0.176. The maximum atomic E-state index is 13.6. The van der Waals surface area contributed by atoms with E-state index in [0.717, 1.165) is 15.2 Å². The van der Waals surface area contributed by atoms with Crippen molar-refractivity contribution in [3.8, 4) is 0 Å². The Morgan fingerprint density at radius 2 is 1.96 bits per heavy atom. The molecule has 1 amide bonds.